The Morgan fingerprint density at radius 3 is 2.35 bits per heavy atom. The van der Waals surface area contributed by atoms with Crippen molar-refractivity contribution < 1.29 is 4.79 Å². The number of anilines is 1. The summed E-state index contributed by atoms with van der Waals surface area (Å²) in [5.41, 5.74) is 0.958. The van der Waals surface area contributed by atoms with Crippen molar-refractivity contribution in [2.24, 2.45) is 0 Å². The summed E-state index contributed by atoms with van der Waals surface area (Å²) in [6.07, 6.45) is 3.92. The Kier molecular flexibility index (Phi) is 5.06. The molecule has 110 valence electrons. The van der Waals surface area contributed by atoms with Crippen molar-refractivity contribution >= 4 is 23.2 Å². The molecule has 0 aliphatic heterocycles. The molecule has 20 heavy (non-hydrogen) atoms. The Morgan fingerprint density at radius 1 is 1.20 bits per heavy atom. The molecule has 1 aromatic rings. The molecule has 1 aromatic carbocycles. The third-order valence-corrected chi connectivity index (χ3v) is 4.37. The monoisotopic (exact) mass is 294 g/mol. The zero-order valence-corrected chi connectivity index (χ0v) is 13.2. The third kappa shape index (κ3) is 3.15. The van der Waals surface area contributed by atoms with Crippen LogP contribution in [0.3, 0.4) is 0 Å². The number of rotatable bonds is 4. The molecule has 0 N–H and O–H groups in total. The topological polar surface area (TPSA) is 23.6 Å². The minimum absolute atomic E-state index is 0.186. The Hall–Kier alpha value is -1.06. The summed E-state index contributed by atoms with van der Waals surface area (Å²) in [6, 6.07) is 8.29. The molecule has 4 heteroatoms. The average Bonchev–Trinajstić information content (AvgIpc) is 2.90. The number of nitrogens with zero attached hydrogens (tertiary/aromatic N) is 2. The highest BCUT2D eigenvalue weighted by atomic mass is 35.5. The number of carbonyl (C=O) groups excluding carboxylic acids is 1. The van der Waals surface area contributed by atoms with Crippen molar-refractivity contribution in [1.29, 1.82) is 0 Å². The molecule has 0 saturated heterocycles. The van der Waals surface area contributed by atoms with Crippen molar-refractivity contribution in [2.45, 2.75) is 44.7 Å². The quantitative estimate of drug-likeness (QED) is 0.847. The normalized spacial score (nSPS) is 22.2. The maximum atomic E-state index is 12.4. The van der Waals surface area contributed by atoms with Crippen LogP contribution in [0.2, 0.25) is 5.02 Å². The van der Waals surface area contributed by atoms with Gasteiger partial charge in [-0.1, -0.05) is 18.5 Å². The molecular weight excluding hydrogens is 272 g/mol. The van der Waals surface area contributed by atoms with E-state index >= 15 is 0 Å². The van der Waals surface area contributed by atoms with E-state index in [1.54, 1.807) is 0 Å². The number of likely N-dealkylation sites (N-methyl/N-ethyl adjacent to an activating group) is 1. The molecule has 0 radical (unpaired) electrons. The van der Waals surface area contributed by atoms with Crippen LogP contribution in [0.5, 0.6) is 0 Å². The Bertz CT molecular complexity index is 458. The number of halogens is 1. The van der Waals surface area contributed by atoms with Gasteiger partial charge in [0.2, 0.25) is 5.91 Å². The number of hydrogen-bond acceptors (Lipinski definition) is 2. The fourth-order valence-corrected chi connectivity index (χ4v) is 3.24. The zero-order valence-electron chi connectivity index (χ0n) is 12.5. The van der Waals surface area contributed by atoms with Crippen molar-refractivity contribution in [3.63, 3.8) is 0 Å². The number of amides is 1. The van der Waals surface area contributed by atoms with Gasteiger partial charge in [0.15, 0.2) is 0 Å². The first-order valence-corrected chi connectivity index (χ1v) is 7.66. The summed E-state index contributed by atoms with van der Waals surface area (Å²) in [4.78, 5) is 16.6. The highest BCUT2D eigenvalue weighted by molar-refractivity contribution is 6.30. The predicted octanol–water partition coefficient (Wildman–Crippen LogP) is 3.57. The van der Waals surface area contributed by atoms with Gasteiger partial charge in [-0.05, 0) is 57.6 Å². The summed E-state index contributed by atoms with van der Waals surface area (Å²) in [7, 11) is 4.19. The molecule has 0 aromatic heterocycles. The third-order valence-electron chi connectivity index (χ3n) is 4.11. The maximum Gasteiger partial charge on any atom is 0.227 e. The first-order valence-electron chi connectivity index (χ1n) is 7.28. The lowest BCUT2D eigenvalue weighted by Crippen LogP contribution is -2.49. The maximum absolute atomic E-state index is 12.4. The van der Waals surface area contributed by atoms with Gasteiger partial charge >= 0.3 is 0 Å². The molecule has 1 aliphatic carbocycles. The van der Waals surface area contributed by atoms with E-state index in [0.29, 0.717) is 17.5 Å². The number of carbonyl (C=O) groups is 1. The van der Waals surface area contributed by atoms with Gasteiger partial charge < -0.3 is 9.80 Å². The van der Waals surface area contributed by atoms with E-state index in [9.17, 15) is 4.79 Å². The van der Waals surface area contributed by atoms with Crippen LogP contribution in [-0.4, -0.2) is 37.0 Å². The van der Waals surface area contributed by atoms with Crippen molar-refractivity contribution in [2.75, 3.05) is 19.0 Å². The van der Waals surface area contributed by atoms with Crippen molar-refractivity contribution in [3.05, 3.63) is 29.3 Å². The van der Waals surface area contributed by atoms with Crippen LogP contribution < -0.4 is 4.90 Å². The first-order chi connectivity index (χ1) is 9.54. The molecule has 1 amide bonds. The molecule has 0 heterocycles. The Balaban J connectivity index is 2.32. The largest absolute Gasteiger partial charge is 0.308 e. The summed E-state index contributed by atoms with van der Waals surface area (Å²) >= 11 is 5.96. The van der Waals surface area contributed by atoms with E-state index in [4.69, 9.17) is 11.6 Å². The fraction of sp³-hybridized carbons (Fsp3) is 0.562. The van der Waals surface area contributed by atoms with Gasteiger partial charge in [-0.25, -0.2) is 0 Å². The van der Waals surface area contributed by atoms with E-state index in [0.717, 1.165) is 18.5 Å². The number of hydrogen-bond donors (Lipinski definition) is 0. The molecule has 3 nitrogen and oxygen atoms in total. The second-order valence-electron chi connectivity index (χ2n) is 5.62. The molecular formula is C16H23ClN2O. The molecule has 2 unspecified atom stereocenters. The van der Waals surface area contributed by atoms with E-state index in [1.807, 2.05) is 36.1 Å². The lowest BCUT2D eigenvalue weighted by Gasteiger charge is -2.36. The second-order valence-corrected chi connectivity index (χ2v) is 6.06. The highest BCUT2D eigenvalue weighted by Gasteiger charge is 2.36. The minimum Gasteiger partial charge on any atom is -0.308 e. The summed E-state index contributed by atoms with van der Waals surface area (Å²) < 4.78 is 0. The van der Waals surface area contributed by atoms with Crippen LogP contribution in [-0.2, 0) is 4.79 Å². The standard InChI is InChI=1S/C16H23ClN2O/c1-4-16(20)19(13-10-8-12(17)9-11-13)15-7-5-6-14(15)18(2)3/h8-11,14-15H,4-7H2,1-3H3. The summed E-state index contributed by atoms with van der Waals surface area (Å²) in [5, 5.41) is 0.702. The van der Waals surface area contributed by atoms with E-state index < -0.39 is 0 Å². The molecule has 0 bridgehead atoms. The summed E-state index contributed by atoms with van der Waals surface area (Å²) in [5.74, 6) is 0.186. The molecule has 1 aliphatic rings. The minimum atomic E-state index is 0.186. The number of benzene rings is 1. The van der Waals surface area contributed by atoms with Crippen molar-refractivity contribution in [1.82, 2.24) is 4.90 Å². The van der Waals surface area contributed by atoms with Gasteiger partial charge in [0.05, 0.1) is 6.04 Å². The highest BCUT2D eigenvalue weighted by Crippen LogP contribution is 2.32. The second kappa shape index (κ2) is 6.59. The Labute approximate surface area is 126 Å². The molecule has 1 saturated carbocycles. The van der Waals surface area contributed by atoms with Gasteiger partial charge in [0, 0.05) is 23.2 Å². The fourth-order valence-electron chi connectivity index (χ4n) is 3.12. The zero-order chi connectivity index (χ0) is 14.7. The Morgan fingerprint density at radius 2 is 1.80 bits per heavy atom. The molecule has 2 rings (SSSR count). The van der Waals surface area contributed by atoms with Gasteiger partial charge in [0.1, 0.15) is 0 Å². The predicted molar refractivity (Wildman–Crippen MR) is 84.3 cm³/mol. The molecule has 0 spiro atoms. The molecule has 1 fully saturated rings. The van der Waals surface area contributed by atoms with Crippen LogP contribution in [0, 0.1) is 0 Å². The van der Waals surface area contributed by atoms with Gasteiger partial charge in [-0.2, -0.15) is 0 Å². The van der Waals surface area contributed by atoms with E-state index in [-0.39, 0.29) is 11.9 Å². The van der Waals surface area contributed by atoms with Crippen LogP contribution >= 0.6 is 11.6 Å². The van der Waals surface area contributed by atoms with Crippen LogP contribution in [0.1, 0.15) is 32.6 Å². The van der Waals surface area contributed by atoms with Crippen LogP contribution in [0.25, 0.3) is 0 Å². The van der Waals surface area contributed by atoms with Crippen molar-refractivity contribution in [3.8, 4) is 0 Å². The molecule has 2 atom stereocenters. The lowest BCUT2D eigenvalue weighted by molar-refractivity contribution is -0.119. The van der Waals surface area contributed by atoms with E-state index in [2.05, 4.69) is 19.0 Å². The van der Waals surface area contributed by atoms with Gasteiger partial charge in [-0.15, -0.1) is 0 Å². The smallest absolute Gasteiger partial charge is 0.227 e. The van der Waals surface area contributed by atoms with E-state index in [1.165, 1.54) is 6.42 Å². The summed E-state index contributed by atoms with van der Waals surface area (Å²) in [6.45, 7) is 1.92. The van der Waals surface area contributed by atoms with Crippen LogP contribution in [0.4, 0.5) is 5.69 Å². The first kappa shape index (κ1) is 15.3. The SMILES string of the molecule is CCC(=O)N(c1ccc(Cl)cc1)C1CCCC1N(C)C. The van der Waals surface area contributed by atoms with Crippen LogP contribution in [0.15, 0.2) is 24.3 Å². The average molecular weight is 295 g/mol. The van der Waals surface area contributed by atoms with Gasteiger partial charge in [-0.3, -0.25) is 4.79 Å². The van der Waals surface area contributed by atoms with Gasteiger partial charge in [0.25, 0.3) is 0 Å². The lowest BCUT2D eigenvalue weighted by atomic mass is 10.1.